The van der Waals surface area contributed by atoms with Crippen molar-refractivity contribution in [3.63, 3.8) is 0 Å². The number of aliphatic hydroxyl groups is 1. The number of urea groups is 1. The summed E-state index contributed by atoms with van der Waals surface area (Å²) in [4.78, 5) is 14.9. The minimum atomic E-state index is -0.766. The standard InChI is InChI=1S/C29H33F2N3O2/c30-24-8-6-22(7-9-24)18-23-14-16-34(17-15-23)20-28(35)27(19-21-4-2-1-3-5-21)33-29(36)32-26-12-10-25(31)11-13-26/h1-13,23,27-28,35H,14-20H2,(H2,32,33,36). The molecule has 1 fully saturated rings. The molecule has 1 saturated heterocycles. The van der Waals surface area contributed by atoms with Crippen molar-refractivity contribution in [1.29, 1.82) is 0 Å². The lowest BCUT2D eigenvalue weighted by atomic mass is 9.90. The maximum absolute atomic E-state index is 13.2. The zero-order chi connectivity index (χ0) is 25.3. The van der Waals surface area contributed by atoms with E-state index in [1.165, 1.54) is 36.4 Å². The molecule has 3 aromatic carbocycles. The second kappa shape index (κ2) is 12.6. The number of carbonyl (C=O) groups is 1. The lowest BCUT2D eigenvalue weighted by Crippen LogP contribution is -2.51. The second-order valence-electron chi connectivity index (χ2n) is 9.54. The van der Waals surface area contributed by atoms with Gasteiger partial charge in [0.25, 0.3) is 0 Å². The molecule has 3 aromatic rings. The molecule has 0 aliphatic carbocycles. The number of nitrogens with zero attached hydrogens (tertiary/aromatic N) is 1. The van der Waals surface area contributed by atoms with Crippen LogP contribution in [0.1, 0.15) is 24.0 Å². The van der Waals surface area contributed by atoms with Gasteiger partial charge >= 0.3 is 6.03 Å². The summed E-state index contributed by atoms with van der Waals surface area (Å²) in [6, 6.07) is 21.1. The highest BCUT2D eigenvalue weighted by Gasteiger charge is 2.27. The van der Waals surface area contributed by atoms with Gasteiger partial charge in [0, 0.05) is 12.2 Å². The molecule has 1 heterocycles. The molecular weight excluding hydrogens is 460 g/mol. The predicted molar refractivity (Wildman–Crippen MR) is 138 cm³/mol. The van der Waals surface area contributed by atoms with Crippen molar-refractivity contribution in [2.75, 3.05) is 25.0 Å². The average Bonchev–Trinajstić information content (AvgIpc) is 2.88. The molecule has 2 amide bonds. The highest BCUT2D eigenvalue weighted by atomic mass is 19.1. The number of benzene rings is 3. The lowest BCUT2D eigenvalue weighted by molar-refractivity contribution is 0.0659. The van der Waals surface area contributed by atoms with E-state index < -0.39 is 18.2 Å². The normalized spacial score (nSPS) is 16.3. The molecule has 4 rings (SSSR count). The third kappa shape index (κ3) is 7.86. The van der Waals surface area contributed by atoms with Crippen molar-refractivity contribution in [2.45, 2.75) is 37.8 Å². The summed E-state index contributed by atoms with van der Waals surface area (Å²) in [6.07, 6.45) is 2.66. The average molecular weight is 494 g/mol. The molecule has 5 nitrogen and oxygen atoms in total. The summed E-state index contributed by atoms with van der Waals surface area (Å²) >= 11 is 0. The van der Waals surface area contributed by atoms with Crippen molar-refractivity contribution in [1.82, 2.24) is 10.2 Å². The first-order chi connectivity index (χ1) is 17.4. The van der Waals surface area contributed by atoms with Crippen LogP contribution in [0.2, 0.25) is 0 Å². The number of anilines is 1. The van der Waals surface area contributed by atoms with E-state index in [9.17, 15) is 18.7 Å². The van der Waals surface area contributed by atoms with Crippen molar-refractivity contribution in [3.8, 4) is 0 Å². The van der Waals surface area contributed by atoms with Crippen LogP contribution in [-0.4, -0.2) is 47.8 Å². The number of aliphatic hydroxyl groups excluding tert-OH is 1. The van der Waals surface area contributed by atoms with Crippen molar-refractivity contribution in [2.24, 2.45) is 5.92 Å². The van der Waals surface area contributed by atoms with Crippen molar-refractivity contribution < 1.29 is 18.7 Å². The van der Waals surface area contributed by atoms with Crippen LogP contribution < -0.4 is 10.6 Å². The zero-order valence-electron chi connectivity index (χ0n) is 20.2. The maximum Gasteiger partial charge on any atom is 0.319 e. The molecule has 190 valence electrons. The topological polar surface area (TPSA) is 64.6 Å². The Balaban J connectivity index is 1.32. The molecule has 2 unspecified atom stereocenters. The molecule has 2 atom stereocenters. The number of piperidine rings is 1. The summed E-state index contributed by atoms with van der Waals surface area (Å²) in [5.41, 5.74) is 2.64. The molecule has 36 heavy (non-hydrogen) atoms. The molecule has 1 aliphatic heterocycles. The molecule has 0 radical (unpaired) electrons. The first-order valence-corrected chi connectivity index (χ1v) is 12.5. The first-order valence-electron chi connectivity index (χ1n) is 12.5. The number of nitrogens with one attached hydrogen (secondary N) is 2. The number of hydrogen-bond donors (Lipinski definition) is 3. The van der Waals surface area contributed by atoms with Gasteiger partial charge in [0.05, 0.1) is 12.1 Å². The van der Waals surface area contributed by atoms with Crippen LogP contribution in [-0.2, 0) is 12.8 Å². The minimum absolute atomic E-state index is 0.215. The fourth-order valence-corrected chi connectivity index (χ4v) is 4.74. The van der Waals surface area contributed by atoms with Gasteiger partial charge in [-0.15, -0.1) is 0 Å². The van der Waals surface area contributed by atoms with Gasteiger partial charge in [0.15, 0.2) is 0 Å². The Bertz CT molecular complexity index is 1090. The van der Waals surface area contributed by atoms with Gasteiger partial charge in [-0.2, -0.15) is 0 Å². The molecule has 7 heteroatoms. The van der Waals surface area contributed by atoms with Crippen molar-refractivity contribution >= 4 is 11.7 Å². The summed E-state index contributed by atoms with van der Waals surface area (Å²) in [7, 11) is 0. The monoisotopic (exact) mass is 493 g/mol. The molecule has 1 aliphatic rings. The van der Waals surface area contributed by atoms with Gasteiger partial charge in [0.1, 0.15) is 11.6 Å². The van der Waals surface area contributed by atoms with Gasteiger partial charge in [-0.1, -0.05) is 42.5 Å². The second-order valence-corrected chi connectivity index (χ2v) is 9.54. The van der Waals surface area contributed by atoms with E-state index in [1.807, 2.05) is 42.5 Å². The van der Waals surface area contributed by atoms with Gasteiger partial charge in [-0.25, -0.2) is 13.6 Å². The van der Waals surface area contributed by atoms with Gasteiger partial charge < -0.3 is 20.6 Å². The Morgan fingerprint density at radius 1 is 0.889 bits per heavy atom. The van der Waals surface area contributed by atoms with E-state index >= 15 is 0 Å². The number of halogens is 2. The van der Waals surface area contributed by atoms with Gasteiger partial charge in [-0.05, 0) is 92.2 Å². The van der Waals surface area contributed by atoms with Crippen LogP contribution in [0.25, 0.3) is 0 Å². The van der Waals surface area contributed by atoms with Crippen LogP contribution >= 0.6 is 0 Å². The quantitative estimate of drug-likeness (QED) is 0.393. The zero-order valence-corrected chi connectivity index (χ0v) is 20.2. The number of amides is 2. The summed E-state index contributed by atoms with van der Waals surface area (Å²) < 4.78 is 26.3. The van der Waals surface area contributed by atoms with Crippen LogP contribution in [0, 0.1) is 17.6 Å². The number of hydrogen-bond acceptors (Lipinski definition) is 3. The van der Waals surface area contributed by atoms with Crippen LogP contribution in [0.3, 0.4) is 0 Å². The fourth-order valence-electron chi connectivity index (χ4n) is 4.74. The summed E-state index contributed by atoms with van der Waals surface area (Å²) in [5, 5.41) is 16.8. The Morgan fingerprint density at radius 3 is 2.14 bits per heavy atom. The van der Waals surface area contributed by atoms with Gasteiger partial charge in [-0.3, -0.25) is 0 Å². The van der Waals surface area contributed by atoms with Crippen LogP contribution in [0.5, 0.6) is 0 Å². The lowest BCUT2D eigenvalue weighted by Gasteiger charge is -2.35. The Labute approximate surface area is 211 Å². The first kappa shape index (κ1) is 25.8. The van der Waals surface area contributed by atoms with E-state index in [2.05, 4.69) is 15.5 Å². The molecule has 3 N–H and O–H groups in total. The molecule has 0 spiro atoms. The minimum Gasteiger partial charge on any atom is -0.390 e. The molecule has 0 bridgehead atoms. The van der Waals surface area contributed by atoms with E-state index in [-0.39, 0.29) is 11.6 Å². The van der Waals surface area contributed by atoms with Crippen LogP contribution in [0.15, 0.2) is 78.9 Å². The number of carbonyl (C=O) groups excluding carboxylic acids is 1. The largest absolute Gasteiger partial charge is 0.390 e. The predicted octanol–water partition coefficient (Wildman–Crippen LogP) is 5.01. The van der Waals surface area contributed by atoms with E-state index in [4.69, 9.17) is 0 Å². The third-order valence-corrected chi connectivity index (χ3v) is 6.77. The van der Waals surface area contributed by atoms with Crippen molar-refractivity contribution in [3.05, 3.63) is 102 Å². The maximum atomic E-state index is 13.2. The summed E-state index contributed by atoms with van der Waals surface area (Å²) in [6.45, 7) is 2.18. The molecule has 0 aromatic heterocycles. The van der Waals surface area contributed by atoms with E-state index in [0.29, 0.717) is 24.6 Å². The Kier molecular flexibility index (Phi) is 9.03. The highest BCUT2D eigenvalue weighted by molar-refractivity contribution is 5.89. The summed E-state index contributed by atoms with van der Waals surface area (Å²) in [5.74, 6) is -0.0593. The number of β-amino-alcohol motifs (C(OH)–C–C–N with tert-alkyl or cyclic N) is 1. The smallest absolute Gasteiger partial charge is 0.319 e. The highest BCUT2D eigenvalue weighted by Crippen LogP contribution is 2.22. The Morgan fingerprint density at radius 2 is 1.50 bits per heavy atom. The SMILES string of the molecule is O=C(Nc1ccc(F)cc1)NC(Cc1ccccc1)C(O)CN1CCC(Cc2ccc(F)cc2)CC1. The van der Waals surface area contributed by atoms with E-state index in [0.717, 1.165) is 43.5 Å². The number of likely N-dealkylation sites (tertiary alicyclic amines) is 1. The third-order valence-electron chi connectivity index (χ3n) is 6.77. The van der Waals surface area contributed by atoms with Gasteiger partial charge in [0.2, 0.25) is 0 Å². The number of rotatable bonds is 9. The Hall–Kier alpha value is -3.29. The fraction of sp³-hybridized carbons (Fsp3) is 0.345. The molecular formula is C29H33F2N3O2. The van der Waals surface area contributed by atoms with Crippen LogP contribution in [0.4, 0.5) is 19.3 Å². The van der Waals surface area contributed by atoms with E-state index in [1.54, 1.807) is 0 Å². The molecule has 0 saturated carbocycles.